The van der Waals surface area contributed by atoms with Crippen LogP contribution in [0.25, 0.3) is 0 Å². The molecule has 2 unspecified atom stereocenters. The molecule has 210 valence electrons. The maximum atomic E-state index is 13.9. The normalized spacial score (nSPS) is 15.8. The molecule has 2 atom stereocenters. The molecule has 1 heterocycles. The number of carbonyl (C=O) groups is 3. The van der Waals surface area contributed by atoms with Gasteiger partial charge in [-0.1, -0.05) is 29.8 Å². The molecule has 0 radical (unpaired) electrons. The van der Waals surface area contributed by atoms with Gasteiger partial charge in [-0.25, -0.2) is 0 Å². The van der Waals surface area contributed by atoms with E-state index >= 15 is 0 Å². The average Bonchev–Trinajstić information content (AvgIpc) is 3.08. The van der Waals surface area contributed by atoms with E-state index in [4.69, 9.17) is 11.6 Å². The molecule has 3 aromatic rings. The van der Waals surface area contributed by atoms with Crippen molar-refractivity contribution in [2.45, 2.75) is 39.0 Å². The molecule has 0 fully saturated rings. The minimum absolute atomic E-state index is 0.168. The van der Waals surface area contributed by atoms with E-state index in [9.17, 15) is 19.5 Å². The molecular formula is C32H36ClN3O4. The van der Waals surface area contributed by atoms with E-state index < -0.39 is 11.9 Å². The van der Waals surface area contributed by atoms with E-state index in [1.54, 1.807) is 35.2 Å². The molecule has 0 saturated heterocycles. The number of nitrogens with zero attached hydrogens (tertiary/aromatic N) is 2. The summed E-state index contributed by atoms with van der Waals surface area (Å²) in [6.45, 7) is 4.86. The van der Waals surface area contributed by atoms with E-state index in [1.807, 2.05) is 63.2 Å². The van der Waals surface area contributed by atoms with Crippen LogP contribution in [0.5, 0.6) is 0 Å². The third-order valence-electron chi connectivity index (χ3n) is 7.62. The van der Waals surface area contributed by atoms with Gasteiger partial charge in [-0.3, -0.25) is 14.4 Å². The van der Waals surface area contributed by atoms with Gasteiger partial charge in [-0.2, -0.15) is 0 Å². The summed E-state index contributed by atoms with van der Waals surface area (Å²) in [5, 5.41) is 13.6. The largest absolute Gasteiger partial charge is 0.481 e. The Morgan fingerprint density at radius 1 is 1.02 bits per heavy atom. The number of nitrogens with one attached hydrogen (secondary N) is 1. The van der Waals surface area contributed by atoms with Gasteiger partial charge in [0.2, 0.25) is 0 Å². The summed E-state index contributed by atoms with van der Waals surface area (Å²) >= 11 is 6.40. The highest BCUT2D eigenvalue weighted by Gasteiger charge is 2.35. The summed E-state index contributed by atoms with van der Waals surface area (Å²) in [5.41, 5.74) is 4.84. The Labute approximate surface area is 240 Å². The number of halogens is 1. The Balaban J connectivity index is 1.62. The van der Waals surface area contributed by atoms with Crippen LogP contribution >= 0.6 is 11.6 Å². The van der Waals surface area contributed by atoms with E-state index in [0.717, 1.165) is 16.7 Å². The number of carboxylic acid groups (broad SMARTS) is 1. The molecule has 3 aromatic carbocycles. The lowest BCUT2D eigenvalue weighted by Crippen LogP contribution is -2.32. The topological polar surface area (TPSA) is 90.0 Å². The second-order valence-electron chi connectivity index (χ2n) is 10.7. The Hall–Kier alpha value is -3.68. The third kappa shape index (κ3) is 6.54. The van der Waals surface area contributed by atoms with Gasteiger partial charge in [0, 0.05) is 34.1 Å². The Bertz CT molecular complexity index is 1420. The molecule has 0 saturated carbocycles. The van der Waals surface area contributed by atoms with E-state index in [-0.39, 0.29) is 17.7 Å². The number of rotatable bonds is 8. The van der Waals surface area contributed by atoms with Crippen molar-refractivity contribution in [3.05, 3.63) is 93.5 Å². The molecule has 0 aromatic heterocycles. The van der Waals surface area contributed by atoms with Crippen LogP contribution in [0.2, 0.25) is 5.02 Å². The molecule has 1 aliphatic rings. The summed E-state index contributed by atoms with van der Waals surface area (Å²) in [7, 11) is 3.86. The van der Waals surface area contributed by atoms with Crippen LogP contribution < -0.4 is 10.2 Å². The summed E-state index contributed by atoms with van der Waals surface area (Å²) in [5.74, 6) is -2.06. The minimum Gasteiger partial charge on any atom is -0.481 e. The maximum Gasteiger partial charge on any atom is 0.307 e. The highest BCUT2D eigenvalue weighted by atomic mass is 35.5. The zero-order valence-electron chi connectivity index (χ0n) is 23.4. The number of amides is 2. The number of hydrogen-bond acceptors (Lipinski definition) is 4. The van der Waals surface area contributed by atoms with Gasteiger partial charge in [0.05, 0.1) is 5.92 Å². The highest BCUT2D eigenvalue weighted by molar-refractivity contribution is 6.30. The van der Waals surface area contributed by atoms with Gasteiger partial charge in [0.1, 0.15) is 0 Å². The summed E-state index contributed by atoms with van der Waals surface area (Å²) < 4.78 is 0. The molecular weight excluding hydrogens is 526 g/mol. The number of carboxylic acids is 1. The van der Waals surface area contributed by atoms with Crippen LogP contribution in [0.3, 0.4) is 0 Å². The first-order chi connectivity index (χ1) is 19.1. The summed E-state index contributed by atoms with van der Waals surface area (Å²) in [4.78, 5) is 42.8. The number of anilines is 2. The quantitative estimate of drug-likeness (QED) is 0.333. The van der Waals surface area contributed by atoms with Crippen molar-refractivity contribution >= 4 is 40.8 Å². The fraction of sp³-hybridized carbons (Fsp3) is 0.344. The second kappa shape index (κ2) is 12.7. The second-order valence-corrected chi connectivity index (χ2v) is 11.2. The van der Waals surface area contributed by atoms with E-state index in [2.05, 4.69) is 5.32 Å². The van der Waals surface area contributed by atoms with Crippen LogP contribution in [0.1, 0.15) is 62.6 Å². The number of benzene rings is 3. The predicted octanol–water partition coefficient (Wildman–Crippen LogP) is 6.39. The van der Waals surface area contributed by atoms with Crippen LogP contribution in [0, 0.1) is 19.8 Å². The maximum absolute atomic E-state index is 13.9. The lowest BCUT2D eigenvalue weighted by atomic mass is 9.80. The highest BCUT2D eigenvalue weighted by Crippen LogP contribution is 2.42. The molecule has 2 N–H and O–H groups in total. The van der Waals surface area contributed by atoms with Gasteiger partial charge in [0.15, 0.2) is 0 Å². The van der Waals surface area contributed by atoms with Crippen molar-refractivity contribution < 1.29 is 19.5 Å². The summed E-state index contributed by atoms with van der Waals surface area (Å²) in [6, 6.07) is 18.0. The molecule has 7 nitrogen and oxygen atoms in total. The molecule has 1 aliphatic heterocycles. The number of aliphatic carboxylic acids is 1. The summed E-state index contributed by atoms with van der Waals surface area (Å²) in [6.07, 6.45) is 1.81. The number of aryl methyl sites for hydroxylation is 2. The number of carbonyl (C=O) groups excluding carboxylic acids is 2. The van der Waals surface area contributed by atoms with Gasteiger partial charge in [-0.15, -0.1) is 0 Å². The zero-order chi connectivity index (χ0) is 29.0. The molecule has 2 amide bonds. The number of fused-ring (bicyclic) bond motifs is 1. The van der Waals surface area contributed by atoms with Crippen molar-refractivity contribution in [3.63, 3.8) is 0 Å². The zero-order valence-corrected chi connectivity index (χ0v) is 24.2. The molecule has 40 heavy (non-hydrogen) atoms. The lowest BCUT2D eigenvalue weighted by molar-refractivity contribution is -0.143. The molecule has 0 bridgehead atoms. The average molecular weight is 562 g/mol. The first kappa shape index (κ1) is 29.3. The molecule has 8 heteroatoms. The first-order valence-corrected chi connectivity index (χ1v) is 13.9. The third-order valence-corrected chi connectivity index (χ3v) is 7.85. The molecule has 0 spiro atoms. The van der Waals surface area contributed by atoms with Crippen molar-refractivity contribution in [2.24, 2.45) is 5.92 Å². The smallest absolute Gasteiger partial charge is 0.307 e. The van der Waals surface area contributed by atoms with Gasteiger partial charge in [0.25, 0.3) is 11.8 Å². The van der Waals surface area contributed by atoms with Crippen LogP contribution in [-0.2, 0) is 4.79 Å². The van der Waals surface area contributed by atoms with Crippen molar-refractivity contribution in [1.82, 2.24) is 4.90 Å². The Morgan fingerprint density at radius 3 is 2.45 bits per heavy atom. The predicted molar refractivity (Wildman–Crippen MR) is 160 cm³/mol. The van der Waals surface area contributed by atoms with Crippen LogP contribution in [-0.4, -0.2) is 55.0 Å². The van der Waals surface area contributed by atoms with Crippen molar-refractivity contribution in [1.29, 1.82) is 0 Å². The van der Waals surface area contributed by atoms with E-state index in [1.165, 1.54) is 0 Å². The Morgan fingerprint density at radius 2 is 1.77 bits per heavy atom. The fourth-order valence-electron chi connectivity index (χ4n) is 5.49. The minimum atomic E-state index is -0.836. The molecule has 0 aliphatic carbocycles. The fourth-order valence-corrected chi connectivity index (χ4v) is 5.67. The molecule has 4 rings (SSSR count). The van der Waals surface area contributed by atoms with E-state index in [0.29, 0.717) is 59.9 Å². The lowest BCUT2D eigenvalue weighted by Gasteiger charge is -2.28. The van der Waals surface area contributed by atoms with Crippen molar-refractivity contribution in [3.8, 4) is 0 Å². The number of hydrogen-bond donors (Lipinski definition) is 2. The monoisotopic (exact) mass is 561 g/mol. The first-order valence-electron chi connectivity index (χ1n) is 13.5. The van der Waals surface area contributed by atoms with Gasteiger partial charge >= 0.3 is 5.97 Å². The van der Waals surface area contributed by atoms with Crippen LogP contribution in [0.4, 0.5) is 11.4 Å². The SMILES string of the molecule is Cc1ccccc1C(=O)Nc1ccc(C(=O)N2CCCC(C(CCN(C)C)C(=O)O)c3cc(Cl)ccc32)c(C)c1. The standard InChI is InChI=1S/C32H36ClN3O4/c1-20-8-5-6-9-24(20)30(37)34-23-12-13-25(21(2)18-23)31(38)36-16-7-10-26(27(32(39)40)15-17-35(3)4)28-19-22(33)11-14-29(28)36/h5-6,8-9,11-14,18-19,26-27H,7,10,15-17H2,1-4H3,(H,34,37)(H,39,40). The van der Waals surface area contributed by atoms with Crippen LogP contribution in [0.15, 0.2) is 60.7 Å². The Kier molecular flexibility index (Phi) is 9.28. The van der Waals surface area contributed by atoms with Gasteiger partial charge < -0.3 is 20.2 Å². The van der Waals surface area contributed by atoms with Gasteiger partial charge in [-0.05, 0) is 119 Å². The van der Waals surface area contributed by atoms with Crippen molar-refractivity contribution in [2.75, 3.05) is 37.4 Å².